The van der Waals surface area contributed by atoms with Gasteiger partial charge in [0.1, 0.15) is 0 Å². The molecule has 0 unspecified atom stereocenters. The van der Waals surface area contributed by atoms with Gasteiger partial charge >= 0.3 is 0 Å². The summed E-state index contributed by atoms with van der Waals surface area (Å²) in [6.07, 6.45) is 2.83. The van der Waals surface area contributed by atoms with Crippen LogP contribution in [0.25, 0.3) is 0 Å². The van der Waals surface area contributed by atoms with Crippen LogP contribution in [0.1, 0.15) is 12.8 Å². The SMILES string of the molecule is COc1ccccc1Oc1ccc(NC(=O)CN2CCCC2=O)cn1. The molecule has 7 nitrogen and oxygen atoms in total. The van der Waals surface area contributed by atoms with Gasteiger partial charge in [-0.2, -0.15) is 0 Å². The minimum Gasteiger partial charge on any atom is -0.493 e. The van der Waals surface area contributed by atoms with Gasteiger partial charge in [0, 0.05) is 19.0 Å². The first-order chi connectivity index (χ1) is 12.2. The Morgan fingerprint density at radius 2 is 2.04 bits per heavy atom. The van der Waals surface area contributed by atoms with Crippen molar-refractivity contribution in [3.8, 4) is 17.4 Å². The maximum absolute atomic E-state index is 12.0. The number of amides is 2. The number of anilines is 1. The second kappa shape index (κ2) is 7.65. The summed E-state index contributed by atoms with van der Waals surface area (Å²) in [6.45, 7) is 0.703. The van der Waals surface area contributed by atoms with Gasteiger partial charge in [-0.05, 0) is 24.6 Å². The molecule has 3 rings (SSSR count). The maximum atomic E-state index is 12.0. The monoisotopic (exact) mass is 341 g/mol. The van der Waals surface area contributed by atoms with Crippen LogP contribution in [0, 0.1) is 0 Å². The number of nitrogens with zero attached hydrogens (tertiary/aromatic N) is 2. The van der Waals surface area contributed by atoms with Gasteiger partial charge < -0.3 is 19.7 Å². The fraction of sp³-hybridized carbons (Fsp3) is 0.278. The summed E-state index contributed by atoms with van der Waals surface area (Å²) in [6, 6.07) is 10.6. The van der Waals surface area contributed by atoms with E-state index < -0.39 is 0 Å². The average molecular weight is 341 g/mol. The minimum absolute atomic E-state index is 0.0221. The molecule has 0 aliphatic carbocycles. The molecule has 0 atom stereocenters. The van der Waals surface area contributed by atoms with Crippen molar-refractivity contribution in [2.75, 3.05) is 25.5 Å². The highest BCUT2D eigenvalue weighted by Crippen LogP contribution is 2.30. The maximum Gasteiger partial charge on any atom is 0.244 e. The Labute approximate surface area is 145 Å². The van der Waals surface area contributed by atoms with E-state index in [4.69, 9.17) is 9.47 Å². The number of hydrogen-bond acceptors (Lipinski definition) is 5. The zero-order valence-corrected chi connectivity index (χ0v) is 13.9. The first kappa shape index (κ1) is 16.8. The third-order valence-electron chi connectivity index (χ3n) is 3.81. The summed E-state index contributed by atoms with van der Waals surface area (Å²) in [4.78, 5) is 29.3. The van der Waals surface area contributed by atoms with Crippen molar-refractivity contribution in [2.45, 2.75) is 12.8 Å². The number of para-hydroxylation sites is 2. The zero-order chi connectivity index (χ0) is 17.6. The number of carbonyl (C=O) groups excluding carboxylic acids is 2. The van der Waals surface area contributed by atoms with Crippen molar-refractivity contribution >= 4 is 17.5 Å². The highest BCUT2D eigenvalue weighted by atomic mass is 16.5. The van der Waals surface area contributed by atoms with Crippen LogP contribution in [0.4, 0.5) is 5.69 Å². The van der Waals surface area contributed by atoms with E-state index in [-0.39, 0.29) is 18.4 Å². The third-order valence-corrected chi connectivity index (χ3v) is 3.81. The van der Waals surface area contributed by atoms with E-state index in [0.29, 0.717) is 36.0 Å². The van der Waals surface area contributed by atoms with E-state index >= 15 is 0 Å². The Hall–Kier alpha value is -3.09. The Morgan fingerprint density at radius 1 is 1.24 bits per heavy atom. The lowest BCUT2D eigenvalue weighted by Crippen LogP contribution is -2.33. The number of benzene rings is 1. The molecule has 1 aliphatic rings. The van der Waals surface area contributed by atoms with Gasteiger partial charge in [0.2, 0.25) is 17.7 Å². The highest BCUT2D eigenvalue weighted by molar-refractivity contribution is 5.94. The lowest BCUT2D eigenvalue weighted by molar-refractivity contribution is -0.131. The lowest BCUT2D eigenvalue weighted by atomic mass is 10.3. The zero-order valence-electron chi connectivity index (χ0n) is 13.9. The summed E-state index contributed by atoms with van der Waals surface area (Å²) in [5.41, 5.74) is 0.545. The number of likely N-dealkylation sites (tertiary alicyclic amines) is 1. The van der Waals surface area contributed by atoms with Crippen molar-refractivity contribution in [1.82, 2.24) is 9.88 Å². The number of hydrogen-bond donors (Lipinski definition) is 1. The van der Waals surface area contributed by atoms with E-state index in [1.54, 1.807) is 36.3 Å². The predicted octanol–water partition coefficient (Wildman–Crippen LogP) is 2.44. The summed E-state index contributed by atoms with van der Waals surface area (Å²) in [5.74, 6) is 1.33. The Bertz CT molecular complexity index is 761. The van der Waals surface area contributed by atoms with Gasteiger partial charge in [0.05, 0.1) is 25.5 Å². The van der Waals surface area contributed by atoms with E-state index in [1.807, 2.05) is 12.1 Å². The topological polar surface area (TPSA) is 80.8 Å². The fourth-order valence-electron chi connectivity index (χ4n) is 2.58. The number of aromatic nitrogens is 1. The van der Waals surface area contributed by atoms with Gasteiger partial charge in [-0.25, -0.2) is 4.98 Å². The molecule has 7 heteroatoms. The molecule has 0 bridgehead atoms. The van der Waals surface area contributed by atoms with Crippen LogP contribution >= 0.6 is 0 Å². The summed E-state index contributed by atoms with van der Waals surface area (Å²) in [7, 11) is 1.57. The van der Waals surface area contributed by atoms with Crippen LogP contribution in [0.3, 0.4) is 0 Å². The molecule has 0 radical (unpaired) electrons. The van der Waals surface area contributed by atoms with Gasteiger partial charge in [0.25, 0.3) is 0 Å². The largest absolute Gasteiger partial charge is 0.493 e. The summed E-state index contributed by atoms with van der Waals surface area (Å²) >= 11 is 0. The normalized spacial score (nSPS) is 13.6. The van der Waals surface area contributed by atoms with Crippen LogP contribution in [-0.4, -0.2) is 41.9 Å². The average Bonchev–Trinajstić information content (AvgIpc) is 3.02. The van der Waals surface area contributed by atoms with Crippen LogP contribution < -0.4 is 14.8 Å². The number of nitrogens with one attached hydrogen (secondary N) is 1. The summed E-state index contributed by atoms with van der Waals surface area (Å²) in [5, 5.41) is 2.73. The first-order valence-electron chi connectivity index (χ1n) is 8.00. The first-order valence-corrected chi connectivity index (χ1v) is 8.00. The standard InChI is InChI=1S/C18H19N3O4/c1-24-14-5-2-3-6-15(14)25-17-9-8-13(11-19-17)20-16(22)12-21-10-4-7-18(21)23/h2-3,5-6,8-9,11H,4,7,10,12H2,1H3,(H,20,22). The number of carbonyl (C=O) groups is 2. The molecule has 25 heavy (non-hydrogen) atoms. The number of pyridine rings is 1. The molecular formula is C18H19N3O4. The summed E-state index contributed by atoms with van der Waals surface area (Å²) < 4.78 is 10.9. The highest BCUT2D eigenvalue weighted by Gasteiger charge is 2.22. The fourth-order valence-corrected chi connectivity index (χ4v) is 2.58. The second-order valence-electron chi connectivity index (χ2n) is 5.61. The molecule has 1 saturated heterocycles. The molecule has 2 aromatic rings. The van der Waals surface area contributed by atoms with Gasteiger partial charge in [-0.1, -0.05) is 12.1 Å². The second-order valence-corrected chi connectivity index (χ2v) is 5.61. The van der Waals surface area contributed by atoms with Crippen LogP contribution in [0.2, 0.25) is 0 Å². The van der Waals surface area contributed by atoms with Crippen LogP contribution in [0.5, 0.6) is 17.4 Å². The Morgan fingerprint density at radius 3 is 2.68 bits per heavy atom. The third kappa shape index (κ3) is 4.26. The van der Waals surface area contributed by atoms with Gasteiger partial charge in [0.15, 0.2) is 11.5 Å². The Balaban J connectivity index is 1.58. The van der Waals surface area contributed by atoms with E-state index in [9.17, 15) is 9.59 Å². The molecule has 1 N–H and O–H groups in total. The van der Waals surface area contributed by atoms with Gasteiger partial charge in [-0.3, -0.25) is 9.59 Å². The van der Waals surface area contributed by atoms with Crippen molar-refractivity contribution in [1.29, 1.82) is 0 Å². The van der Waals surface area contributed by atoms with Crippen molar-refractivity contribution in [3.05, 3.63) is 42.6 Å². The van der Waals surface area contributed by atoms with E-state index in [2.05, 4.69) is 10.3 Å². The molecule has 130 valence electrons. The lowest BCUT2D eigenvalue weighted by Gasteiger charge is -2.15. The molecule has 0 saturated carbocycles. The van der Waals surface area contributed by atoms with Crippen LogP contribution in [-0.2, 0) is 9.59 Å². The van der Waals surface area contributed by atoms with E-state index in [1.165, 1.54) is 6.20 Å². The number of ether oxygens (including phenoxy) is 2. The number of rotatable bonds is 6. The van der Waals surface area contributed by atoms with Crippen molar-refractivity contribution in [3.63, 3.8) is 0 Å². The smallest absolute Gasteiger partial charge is 0.244 e. The molecule has 1 aromatic heterocycles. The molecule has 1 aromatic carbocycles. The minimum atomic E-state index is -0.240. The number of methoxy groups -OCH3 is 1. The van der Waals surface area contributed by atoms with Crippen LogP contribution in [0.15, 0.2) is 42.6 Å². The molecule has 0 spiro atoms. The molecular weight excluding hydrogens is 322 g/mol. The Kier molecular flexibility index (Phi) is 5.13. The van der Waals surface area contributed by atoms with Gasteiger partial charge in [-0.15, -0.1) is 0 Å². The predicted molar refractivity (Wildman–Crippen MR) is 91.7 cm³/mol. The van der Waals surface area contributed by atoms with Crippen molar-refractivity contribution in [2.24, 2.45) is 0 Å². The quantitative estimate of drug-likeness (QED) is 0.873. The van der Waals surface area contributed by atoms with E-state index in [0.717, 1.165) is 6.42 Å². The molecule has 2 heterocycles. The molecule has 1 fully saturated rings. The van der Waals surface area contributed by atoms with Crippen molar-refractivity contribution < 1.29 is 19.1 Å². The molecule has 1 aliphatic heterocycles. The molecule has 2 amide bonds.